The van der Waals surface area contributed by atoms with Crippen molar-refractivity contribution < 1.29 is 0 Å². The summed E-state index contributed by atoms with van der Waals surface area (Å²) in [5.41, 5.74) is 5.82. The first-order valence-electron chi connectivity index (χ1n) is 4.70. The van der Waals surface area contributed by atoms with Gasteiger partial charge in [-0.3, -0.25) is 0 Å². The number of rotatable bonds is 3. The van der Waals surface area contributed by atoms with E-state index in [2.05, 4.69) is 17.8 Å². The minimum Gasteiger partial charge on any atom is -0.328 e. The second-order valence-electron chi connectivity index (χ2n) is 3.37. The molecule has 1 heterocycles. The molecule has 2 nitrogen and oxygen atoms in total. The van der Waals surface area contributed by atoms with Gasteiger partial charge in [0.25, 0.3) is 0 Å². The summed E-state index contributed by atoms with van der Waals surface area (Å²) in [7, 11) is 0. The molecule has 0 saturated carbocycles. The van der Waals surface area contributed by atoms with Crippen LogP contribution in [0.3, 0.4) is 0 Å². The van der Waals surface area contributed by atoms with Crippen molar-refractivity contribution in [1.82, 2.24) is 4.31 Å². The van der Waals surface area contributed by atoms with Gasteiger partial charge in [0, 0.05) is 19.1 Å². The maximum Gasteiger partial charge on any atom is 0.0107 e. The third-order valence-corrected chi connectivity index (χ3v) is 3.17. The highest BCUT2D eigenvalue weighted by molar-refractivity contribution is 8.00. The van der Waals surface area contributed by atoms with Gasteiger partial charge in [0.1, 0.15) is 0 Å². The number of nitrogens with zero attached hydrogens (tertiary/aromatic N) is 1. The van der Waals surface area contributed by atoms with Gasteiger partial charge in [0.05, 0.1) is 0 Å². The Morgan fingerprint density at radius 3 is 2.69 bits per heavy atom. The van der Waals surface area contributed by atoms with Crippen molar-refractivity contribution in [3.8, 4) is 0 Å². The highest BCUT2D eigenvalue weighted by Gasteiger charge is 2.16. The zero-order chi connectivity index (χ0) is 9.68. The van der Waals surface area contributed by atoms with Crippen LogP contribution in [-0.4, -0.2) is 23.4 Å². The van der Waals surface area contributed by atoms with Gasteiger partial charge < -0.3 is 5.73 Å². The molecule has 1 rings (SSSR count). The van der Waals surface area contributed by atoms with E-state index >= 15 is 0 Å². The lowest BCUT2D eigenvalue weighted by Gasteiger charge is -2.28. The average molecular weight is 198 g/mol. The first-order valence-corrected chi connectivity index (χ1v) is 5.47. The molecule has 0 bridgehead atoms. The van der Waals surface area contributed by atoms with Crippen molar-refractivity contribution in [1.29, 1.82) is 0 Å². The summed E-state index contributed by atoms with van der Waals surface area (Å²) in [6.07, 6.45) is 6.11. The quantitative estimate of drug-likeness (QED) is 0.556. The minimum absolute atomic E-state index is 0.417. The summed E-state index contributed by atoms with van der Waals surface area (Å²) in [6, 6.07) is 0.417. The number of piperidine rings is 1. The molecule has 0 aromatic heterocycles. The third-order valence-electron chi connectivity index (χ3n) is 2.12. The minimum atomic E-state index is 0.417. The fourth-order valence-electron chi connectivity index (χ4n) is 1.37. The Hall–Kier alpha value is -0.250. The second kappa shape index (κ2) is 5.47. The Bertz CT molecular complexity index is 193. The Balaban J connectivity index is 2.30. The average Bonchev–Trinajstić information content (AvgIpc) is 2.09. The van der Waals surface area contributed by atoms with Gasteiger partial charge in [-0.25, -0.2) is 4.31 Å². The van der Waals surface area contributed by atoms with E-state index in [0.717, 1.165) is 25.9 Å². The van der Waals surface area contributed by atoms with Crippen molar-refractivity contribution >= 4 is 11.9 Å². The Morgan fingerprint density at radius 1 is 1.54 bits per heavy atom. The number of nitrogens with two attached hydrogens (primary N) is 1. The van der Waals surface area contributed by atoms with E-state index in [4.69, 9.17) is 5.73 Å². The highest BCUT2D eigenvalue weighted by atomic mass is 32.2. The Morgan fingerprint density at radius 2 is 2.15 bits per heavy atom. The normalized spacial score (nSPS) is 21.8. The molecule has 0 spiro atoms. The van der Waals surface area contributed by atoms with Gasteiger partial charge in [0.2, 0.25) is 0 Å². The molecule has 1 saturated heterocycles. The summed E-state index contributed by atoms with van der Waals surface area (Å²) in [6.45, 7) is 8.00. The topological polar surface area (TPSA) is 29.3 Å². The van der Waals surface area contributed by atoms with Gasteiger partial charge >= 0.3 is 0 Å². The molecular formula is C10H18N2S. The van der Waals surface area contributed by atoms with Crippen molar-refractivity contribution in [3.05, 3.63) is 23.6 Å². The van der Waals surface area contributed by atoms with E-state index in [1.807, 2.05) is 24.1 Å². The highest BCUT2D eigenvalue weighted by Crippen LogP contribution is 2.24. The fourth-order valence-corrected chi connectivity index (χ4v) is 2.32. The smallest absolute Gasteiger partial charge is 0.0107 e. The molecule has 0 unspecified atom stereocenters. The van der Waals surface area contributed by atoms with E-state index in [9.17, 15) is 0 Å². The van der Waals surface area contributed by atoms with E-state index < -0.39 is 0 Å². The summed E-state index contributed by atoms with van der Waals surface area (Å²) >= 11 is 1.81. The number of allylic oxidation sites excluding steroid dienone is 3. The maximum atomic E-state index is 5.82. The van der Waals surface area contributed by atoms with Crippen LogP contribution >= 0.6 is 11.9 Å². The second-order valence-corrected chi connectivity index (χ2v) is 4.71. The van der Waals surface area contributed by atoms with Gasteiger partial charge in [-0.05, 0) is 36.6 Å². The van der Waals surface area contributed by atoms with Crippen LogP contribution in [0.4, 0.5) is 0 Å². The van der Waals surface area contributed by atoms with Crippen molar-refractivity contribution in [3.63, 3.8) is 0 Å². The van der Waals surface area contributed by atoms with Crippen LogP contribution in [0, 0.1) is 0 Å². The maximum absolute atomic E-state index is 5.82. The van der Waals surface area contributed by atoms with Gasteiger partial charge in [-0.2, -0.15) is 0 Å². The lowest BCUT2D eigenvalue weighted by molar-refractivity contribution is 0.347. The van der Waals surface area contributed by atoms with Gasteiger partial charge in [-0.15, -0.1) is 0 Å². The van der Waals surface area contributed by atoms with Crippen molar-refractivity contribution in [2.45, 2.75) is 25.8 Å². The summed E-state index contributed by atoms with van der Waals surface area (Å²) < 4.78 is 2.37. The van der Waals surface area contributed by atoms with Crippen LogP contribution in [-0.2, 0) is 0 Å². The SMILES string of the molecule is C=C/C=C(\C)SN1CCC(N)CC1. The molecule has 3 heteroatoms. The molecule has 1 fully saturated rings. The zero-order valence-corrected chi connectivity index (χ0v) is 9.02. The van der Waals surface area contributed by atoms with E-state index in [-0.39, 0.29) is 0 Å². The van der Waals surface area contributed by atoms with E-state index in [1.165, 1.54) is 4.91 Å². The van der Waals surface area contributed by atoms with Gasteiger partial charge in [0.15, 0.2) is 0 Å². The Kier molecular flexibility index (Phi) is 4.56. The van der Waals surface area contributed by atoms with E-state index in [1.54, 1.807) is 0 Å². The monoisotopic (exact) mass is 198 g/mol. The predicted octanol–water partition coefficient (Wildman–Crippen LogP) is 2.15. The van der Waals surface area contributed by atoms with Gasteiger partial charge in [-0.1, -0.05) is 18.7 Å². The molecule has 0 aliphatic carbocycles. The predicted molar refractivity (Wildman–Crippen MR) is 60.3 cm³/mol. The molecule has 0 atom stereocenters. The van der Waals surface area contributed by atoms with E-state index in [0.29, 0.717) is 6.04 Å². The summed E-state index contributed by atoms with van der Waals surface area (Å²) in [5, 5.41) is 0. The first-order chi connectivity index (χ1) is 6.22. The number of hydrogen-bond donors (Lipinski definition) is 1. The number of hydrogen-bond acceptors (Lipinski definition) is 3. The molecule has 0 amide bonds. The molecule has 1 aliphatic rings. The lowest BCUT2D eigenvalue weighted by atomic mass is 10.1. The van der Waals surface area contributed by atoms with Crippen LogP contribution in [0.1, 0.15) is 19.8 Å². The Labute approximate surface area is 85.0 Å². The molecule has 2 N–H and O–H groups in total. The lowest BCUT2D eigenvalue weighted by Crippen LogP contribution is -2.36. The molecule has 74 valence electrons. The summed E-state index contributed by atoms with van der Waals surface area (Å²) in [4.78, 5) is 1.30. The first kappa shape index (κ1) is 10.8. The largest absolute Gasteiger partial charge is 0.328 e. The molecule has 0 aromatic rings. The summed E-state index contributed by atoms with van der Waals surface area (Å²) in [5.74, 6) is 0. The zero-order valence-electron chi connectivity index (χ0n) is 8.20. The molecule has 13 heavy (non-hydrogen) atoms. The third kappa shape index (κ3) is 3.98. The van der Waals surface area contributed by atoms with Crippen molar-refractivity contribution in [2.24, 2.45) is 5.73 Å². The van der Waals surface area contributed by atoms with Crippen LogP contribution in [0.25, 0.3) is 0 Å². The van der Waals surface area contributed by atoms with Crippen LogP contribution in [0.5, 0.6) is 0 Å². The fraction of sp³-hybridized carbons (Fsp3) is 0.600. The molecule has 0 radical (unpaired) electrons. The van der Waals surface area contributed by atoms with Crippen LogP contribution < -0.4 is 5.73 Å². The molecule has 1 aliphatic heterocycles. The molecule has 0 aromatic carbocycles. The van der Waals surface area contributed by atoms with Crippen LogP contribution in [0.2, 0.25) is 0 Å². The van der Waals surface area contributed by atoms with Crippen molar-refractivity contribution in [2.75, 3.05) is 13.1 Å². The molecular weight excluding hydrogens is 180 g/mol. The van der Waals surface area contributed by atoms with Crippen LogP contribution in [0.15, 0.2) is 23.6 Å². The standard InChI is InChI=1S/C10H18N2S/c1-3-4-9(2)13-12-7-5-10(11)6-8-12/h3-4,10H,1,5-8,11H2,2H3/b9-4+.